The van der Waals surface area contributed by atoms with Gasteiger partial charge >= 0.3 is 6.18 Å². The predicted octanol–water partition coefficient (Wildman–Crippen LogP) is 2.99. The minimum atomic E-state index is -4.46. The summed E-state index contributed by atoms with van der Waals surface area (Å²) in [5.41, 5.74) is -0.890. The Morgan fingerprint density at radius 1 is 1.15 bits per heavy atom. The summed E-state index contributed by atoms with van der Waals surface area (Å²) in [5.74, 6) is 0.376. The van der Waals surface area contributed by atoms with Gasteiger partial charge in [0.25, 0.3) is 0 Å². The Balaban J connectivity index is 1.84. The van der Waals surface area contributed by atoms with Crippen molar-refractivity contribution in [3.05, 3.63) is 48.4 Å². The van der Waals surface area contributed by atoms with Gasteiger partial charge in [-0.3, -0.25) is 0 Å². The minimum Gasteiger partial charge on any atom is -0.439 e. The molecule has 0 aliphatic carbocycles. The fourth-order valence-corrected chi connectivity index (χ4v) is 2.37. The van der Waals surface area contributed by atoms with Crippen molar-refractivity contribution in [1.29, 1.82) is 0 Å². The van der Waals surface area contributed by atoms with Gasteiger partial charge in [0, 0.05) is 18.3 Å². The van der Waals surface area contributed by atoms with Crippen LogP contribution in [0.5, 0.6) is 11.6 Å². The van der Waals surface area contributed by atoms with E-state index in [0.717, 1.165) is 12.1 Å². The first-order valence-corrected chi connectivity index (χ1v) is 7.67. The van der Waals surface area contributed by atoms with Crippen molar-refractivity contribution in [2.75, 3.05) is 6.61 Å². The molecule has 3 rings (SSSR count). The smallest absolute Gasteiger partial charge is 0.417 e. The molecule has 26 heavy (non-hydrogen) atoms. The number of rotatable bonds is 5. The van der Waals surface area contributed by atoms with Crippen LogP contribution >= 0.6 is 0 Å². The molecule has 0 fully saturated rings. The minimum absolute atomic E-state index is 0.0192. The molecule has 2 N–H and O–H groups in total. The number of aliphatic hydroxyl groups is 2. The Kier molecular flexibility index (Phi) is 4.59. The summed E-state index contributed by atoms with van der Waals surface area (Å²) in [6.45, 7) is 1.19. The fraction of sp³-hybridized carbons (Fsp3) is 0.294. The summed E-state index contributed by atoms with van der Waals surface area (Å²) in [5, 5.41) is 19.2. The predicted molar refractivity (Wildman–Crippen MR) is 86.8 cm³/mol. The van der Waals surface area contributed by atoms with E-state index in [4.69, 9.17) is 4.74 Å². The highest BCUT2D eigenvalue weighted by molar-refractivity contribution is 5.77. The van der Waals surface area contributed by atoms with E-state index in [-0.39, 0.29) is 12.4 Å². The van der Waals surface area contributed by atoms with Gasteiger partial charge in [0.1, 0.15) is 11.4 Å². The molecule has 0 aliphatic rings. The van der Waals surface area contributed by atoms with Crippen LogP contribution in [0, 0.1) is 0 Å². The lowest BCUT2D eigenvalue weighted by molar-refractivity contribution is -0.137. The molecule has 0 saturated heterocycles. The SMILES string of the molecule is C[C@](O)(CO)Cn1cnc2ccc(Oc3ccc(C(F)(F)F)cn3)cc21. The second-order valence-electron chi connectivity index (χ2n) is 6.16. The van der Waals surface area contributed by atoms with Gasteiger partial charge in [-0.05, 0) is 25.1 Å². The third-order valence-electron chi connectivity index (χ3n) is 3.73. The summed E-state index contributed by atoms with van der Waals surface area (Å²) in [7, 11) is 0. The number of alkyl halides is 3. The van der Waals surface area contributed by atoms with Crippen molar-refractivity contribution in [1.82, 2.24) is 14.5 Å². The third kappa shape index (κ3) is 3.94. The van der Waals surface area contributed by atoms with E-state index >= 15 is 0 Å². The van der Waals surface area contributed by atoms with Gasteiger partial charge < -0.3 is 19.5 Å². The van der Waals surface area contributed by atoms with Gasteiger partial charge in [-0.15, -0.1) is 0 Å². The number of ether oxygens (including phenoxy) is 1. The van der Waals surface area contributed by atoms with Crippen molar-refractivity contribution < 1.29 is 28.1 Å². The molecule has 0 amide bonds. The Labute approximate surface area is 146 Å². The number of aliphatic hydroxyl groups excluding tert-OH is 1. The highest BCUT2D eigenvalue weighted by atomic mass is 19.4. The lowest BCUT2D eigenvalue weighted by atomic mass is 10.1. The monoisotopic (exact) mass is 367 g/mol. The molecule has 2 heterocycles. The summed E-state index contributed by atoms with van der Waals surface area (Å²) < 4.78 is 44.9. The topological polar surface area (TPSA) is 80.4 Å². The zero-order chi connectivity index (χ0) is 18.9. The van der Waals surface area contributed by atoms with Gasteiger partial charge in [0.05, 0.1) is 36.1 Å². The van der Waals surface area contributed by atoms with E-state index in [2.05, 4.69) is 9.97 Å². The maximum absolute atomic E-state index is 12.6. The normalized spacial score (nSPS) is 14.4. The summed E-state index contributed by atoms with van der Waals surface area (Å²) in [6.07, 6.45) is -2.23. The van der Waals surface area contributed by atoms with Crippen molar-refractivity contribution in [2.24, 2.45) is 0 Å². The first-order valence-electron chi connectivity index (χ1n) is 7.67. The fourth-order valence-electron chi connectivity index (χ4n) is 2.37. The van der Waals surface area contributed by atoms with Crippen molar-refractivity contribution >= 4 is 11.0 Å². The molecule has 138 valence electrons. The average Bonchev–Trinajstić information content (AvgIpc) is 2.96. The van der Waals surface area contributed by atoms with Crippen LogP contribution in [-0.4, -0.2) is 37.0 Å². The number of nitrogens with zero attached hydrogens (tertiary/aromatic N) is 3. The van der Waals surface area contributed by atoms with Crippen LogP contribution in [-0.2, 0) is 12.7 Å². The summed E-state index contributed by atoms with van der Waals surface area (Å²) in [6, 6.07) is 6.96. The number of fused-ring (bicyclic) bond motifs is 1. The Morgan fingerprint density at radius 3 is 2.54 bits per heavy atom. The van der Waals surface area contributed by atoms with Crippen LogP contribution in [0.3, 0.4) is 0 Å². The number of aromatic nitrogens is 3. The molecule has 0 radical (unpaired) electrons. The van der Waals surface area contributed by atoms with Crippen molar-refractivity contribution in [3.8, 4) is 11.6 Å². The standard InChI is InChI=1S/C17H16F3N3O3/c1-16(25,9-24)8-23-10-22-13-4-3-12(6-14(13)23)26-15-5-2-11(7-21-15)17(18,19)20/h2-7,10,24-25H,8-9H2,1H3/t16-/m1/s1. The van der Waals surface area contributed by atoms with E-state index in [9.17, 15) is 23.4 Å². The molecular formula is C17H16F3N3O3. The van der Waals surface area contributed by atoms with E-state index in [1.165, 1.54) is 13.3 Å². The molecule has 2 aromatic heterocycles. The highest BCUT2D eigenvalue weighted by Crippen LogP contribution is 2.30. The maximum atomic E-state index is 12.6. The molecule has 1 atom stereocenters. The van der Waals surface area contributed by atoms with Crippen LogP contribution in [0.15, 0.2) is 42.9 Å². The van der Waals surface area contributed by atoms with Crippen molar-refractivity contribution in [2.45, 2.75) is 25.2 Å². The number of pyridine rings is 1. The number of halogens is 3. The first kappa shape index (κ1) is 18.2. The Hall–Kier alpha value is -2.65. The maximum Gasteiger partial charge on any atom is 0.417 e. The Bertz CT molecular complexity index is 905. The van der Waals surface area contributed by atoms with E-state index < -0.39 is 23.9 Å². The lowest BCUT2D eigenvalue weighted by Gasteiger charge is -2.21. The van der Waals surface area contributed by atoms with E-state index in [1.807, 2.05) is 0 Å². The van der Waals surface area contributed by atoms with Crippen LogP contribution in [0.2, 0.25) is 0 Å². The van der Waals surface area contributed by atoms with E-state index in [0.29, 0.717) is 23.0 Å². The zero-order valence-corrected chi connectivity index (χ0v) is 13.7. The van der Waals surface area contributed by atoms with Crippen LogP contribution in [0.1, 0.15) is 12.5 Å². The quantitative estimate of drug-likeness (QED) is 0.725. The molecule has 9 heteroatoms. The average molecular weight is 367 g/mol. The van der Waals surface area contributed by atoms with Crippen LogP contribution < -0.4 is 4.74 Å². The number of hydrogen-bond donors (Lipinski definition) is 2. The lowest BCUT2D eigenvalue weighted by Crippen LogP contribution is -2.34. The molecule has 0 bridgehead atoms. The third-order valence-corrected chi connectivity index (χ3v) is 3.73. The summed E-state index contributed by atoms with van der Waals surface area (Å²) >= 11 is 0. The number of imidazole rings is 1. The molecule has 0 aliphatic heterocycles. The molecule has 1 aromatic carbocycles. The number of benzene rings is 1. The first-order chi connectivity index (χ1) is 12.2. The van der Waals surface area contributed by atoms with Crippen LogP contribution in [0.25, 0.3) is 11.0 Å². The largest absolute Gasteiger partial charge is 0.439 e. The molecule has 0 unspecified atom stereocenters. The second kappa shape index (κ2) is 6.58. The summed E-state index contributed by atoms with van der Waals surface area (Å²) in [4.78, 5) is 7.86. The molecule has 0 saturated carbocycles. The Morgan fingerprint density at radius 2 is 1.92 bits per heavy atom. The second-order valence-corrected chi connectivity index (χ2v) is 6.16. The van der Waals surface area contributed by atoms with Crippen LogP contribution in [0.4, 0.5) is 13.2 Å². The highest BCUT2D eigenvalue weighted by Gasteiger charge is 2.30. The molecule has 6 nitrogen and oxygen atoms in total. The molecule has 3 aromatic rings. The van der Waals surface area contributed by atoms with Gasteiger partial charge in [-0.25, -0.2) is 9.97 Å². The molecule has 0 spiro atoms. The van der Waals surface area contributed by atoms with Gasteiger partial charge in [0.2, 0.25) is 5.88 Å². The number of hydrogen-bond acceptors (Lipinski definition) is 5. The van der Waals surface area contributed by atoms with E-state index in [1.54, 1.807) is 22.8 Å². The zero-order valence-electron chi connectivity index (χ0n) is 13.7. The van der Waals surface area contributed by atoms with Gasteiger partial charge in [-0.2, -0.15) is 13.2 Å². The van der Waals surface area contributed by atoms with Crippen molar-refractivity contribution in [3.63, 3.8) is 0 Å². The molecular weight excluding hydrogens is 351 g/mol. The van der Waals surface area contributed by atoms with Gasteiger partial charge in [-0.1, -0.05) is 0 Å². The van der Waals surface area contributed by atoms with Gasteiger partial charge in [0.15, 0.2) is 0 Å².